The van der Waals surface area contributed by atoms with E-state index in [-0.39, 0.29) is 6.42 Å². The minimum atomic E-state index is -4.68. The van der Waals surface area contributed by atoms with Crippen molar-refractivity contribution in [2.45, 2.75) is 12.5 Å². The zero-order valence-electron chi connectivity index (χ0n) is 11.5. The average molecular weight is 352 g/mol. The van der Waals surface area contributed by atoms with Gasteiger partial charge in [-0.3, -0.25) is 13.9 Å². The van der Waals surface area contributed by atoms with Crippen LogP contribution in [0.15, 0.2) is 30.3 Å². The number of hydrogen-bond acceptors (Lipinski definition) is 4. The van der Waals surface area contributed by atoms with Gasteiger partial charge in [-0.2, -0.15) is 0 Å². The highest BCUT2D eigenvalue weighted by atomic mass is 31.2. The molecule has 22 heavy (non-hydrogen) atoms. The van der Waals surface area contributed by atoms with E-state index in [1.165, 1.54) is 0 Å². The highest BCUT2D eigenvalue weighted by Gasteiger charge is 2.32. The predicted molar refractivity (Wildman–Crippen MR) is 78.8 cm³/mol. The van der Waals surface area contributed by atoms with Crippen LogP contribution >= 0.6 is 15.2 Å². The maximum Gasteiger partial charge on any atom is 0.344 e. The first kappa shape index (κ1) is 19.0. The van der Waals surface area contributed by atoms with Crippen LogP contribution in [0.25, 0.3) is 0 Å². The first-order valence-electron chi connectivity index (χ1n) is 6.15. The lowest BCUT2D eigenvalue weighted by molar-refractivity contribution is -0.131. The van der Waals surface area contributed by atoms with E-state index < -0.39 is 39.7 Å². The lowest BCUT2D eigenvalue weighted by atomic mass is 10.1. The summed E-state index contributed by atoms with van der Waals surface area (Å²) < 4.78 is 22.0. The Kier molecular flexibility index (Phi) is 6.46. The van der Waals surface area contributed by atoms with E-state index in [1.54, 1.807) is 30.3 Å². The Hall–Kier alpha value is -1.05. The fourth-order valence-corrected chi connectivity index (χ4v) is 3.34. The molecule has 1 aromatic carbocycles. The van der Waals surface area contributed by atoms with Crippen LogP contribution in [0.1, 0.15) is 5.56 Å². The van der Waals surface area contributed by atoms with Crippen LogP contribution in [0.3, 0.4) is 0 Å². The fraction of sp³-hybridized carbons (Fsp3) is 0.364. The molecule has 1 rings (SSSR count). The van der Waals surface area contributed by atoms with Gasteiger partial charge >= 0.3 is 15.2 Å². The zero-order chi connectivity index (χ0) is 17.0. The summed E-state index contributed by atoms with van der Waals surface area (Å²) in [5, 5.41) is 0. The molecule has 0 aliphatic rings. The largest absolute Gasteiger partial charge is 0.344 e. The van der Waals surface area contributed by atoms with E-state index in [2.05, 4.69) is 0 Å². The molecule has 1 atom stereocenters. The molecule has 0 saturated heterocycles. The molecule has 1 amide bonds. The SMILES string of the molecule is N[C@@H](Cc1ccccc1)C(=O)N(CP(=O)(O)O)CP(=O)(O)O. The van der Waals surface area contributed by atoms with Crippen LogP contribution in [0.4, 0.5) is 0 Å². The molecule has 0 aliphatic carbocycles. The molecule has 6 N–H and O–H groups in total. The van der Waals surface area contributed by atoms with E-state index in [0.29, 0.717) is 4.90 Å². The maximum absolute atomic E-state index is 12.1. The second-order valence-corrected chi connectivity index (χ2v) is 8.01. The lowest BCUT2D eigenvalue weighted by Crippen LogP contribution is -2.45. The van der Waals surface area contributed by atoms with Crippen molar-refractivity contribution in [2.24, 2.45) is 5.73 Å². The van der Waals surface area contributed by atoms with Crippen LogP contribution in [-0.2, 0) is 20.3 Å². The molecule has 0 bridgehead atoms. The molecule has 1 aromatic rings. The highest BCUT2D eigenvalue weighted by Crippen LogP contribution is 2.41. The number of amides is 1. The summed E-state index contributed by atoms with van der Waals surface area (Å²) in [6.45, 7) is 0. The molecule has 0 fully saturated rings. The van der Waals surface area contributed by atoms with E-state index in [4.69, 9.17) is 25.3 Å². The van der Waals surface area contributed by atoms with E-state index in [9.17, 15) is 13.9 Å². The van der Waals surface area contributed by atoms with Crippen LogP contribution in [-0.4, -0.2) is 49.0 Å². The smallest absolute Gasteiger partial charge is 0.323 e. The number of carbonyl (C=O) groups is 1. The third kappa shape index (κ3) is 7.29. The second kappa shape index (κ2) is 7.48. The highest BCUT2D eigenvalue weighted by molar-refractivity contribution is 7.52. The number of nitrogens with zero attached hydrogens (tertiary/aromatic N) is 1. The molecule has 11 heteroatoms. The van der Waals surface area contributed by atoms with Crippen molar-refractivity contribution in [3.8, 4) is 0 Å². The first-order valence-corrected chi connectivity index (χ1v) is 9.75. The van der Waals surface area contributed by atoms with Crippen LogP contribution in [0.5, 0.6) is 0 Å². The standard InChI is InChI=1S/C11H18N2O7P2/c12-10(6-9-4-2-1-3-5-9)11(14)13(7-21(15,16)17)8-22(18,19)20/h1-5,10H,6-8,12H2,(H2,15,16,17)(H2,18,19,20)/t10-/m0/s1. The van der Waals surface area contributed by atoms with Crippen molar-refractivity contribution in [1.82, 2.24) is 4.90 Å². The van der Waals surface area contributed by atoms with Crippen molar-refractivity contribution < 1.29 is 33.5 Å². The topological polar surface area (TPSA) is 161 Å². The van der Waals surface area contributed by atoms with Crippen molar-refractivity contribution in [2.75, 3.05) is 12.6 Å². The summed E-state index contributed by atoms with van der Waals surface area (Å²) in [5.74, 6) is -0.935. The van der Waals surface area contributed by atoms with Gasteiger partial charge in [0.05, 0.1) is 6.04 Å². The Morgan fingerprint density at radius 3 is 1.91 bits per heavy atom. The molecule has 0 aromatic heterocycles. The van der Waals surface area contributed by atoms with Gasteiger partial charge < -0.3 is 30.2 Å². The summed E-state index contributed by atoms with van der Waals surface area (Å²) in [4.78, 5) is 48.2. The van der Waals surface area contributed by atoms with Crippen molar-refractivity contribution >= 4 is 21.1 Å². The van der Waals surface area contributed by atoms with E-state index in [0.717, 1.165) is 5.56 Å². The van der Waals surface area contributed by atoms with Gasteiger partial charge in [0.15, 0.2) is 0 Å². The summed E-state index contributed by atoms with van der Waals surface area (Å²) in [6.07, 6.45) is -2.11. The molecule has 124 valence electrons. The summed E-state index contributed by atoms with van der Waals surface area (Å²) in [7, 11) is -9.36. The number of rotatable bonds is 7. The van der Waals surface area contributed by atoms with Crippen molar-refractivity contribution in [3.63, 3.8) is 0 Å². The van der Waals surface area contributed by atoms with E-state index >= 15 is 0 Å². The van der Waals surface area contributed by atoms with Crippen LogP contribution in [0, 0.1) is 0 Å². The molecule has 9 nitrogen and oxygen atoms in total. The molecule has 0 spiro atoms. The summed E-state index contributed by atoms with van der Waals surface area (Å²) in [5.41, 5.74) is 6.41. The Morgan fingerprint density at radius 2 is 1.50 bits per heavy atom. The van der Waals surface area contributed by atoms with Gasteiger partial charge in [0, 0.05) is 0 Å². The number of nitrogens with two attached hydrogens (primary N) is 1. The van der Waals surface area contributed by atoms with Crippen molar-refractivity contribution in [1.29, 1.82) is 0 Å². The number of benzene rings is 1. The minimum Gasteiger partial charge on any atom is -0.323 e. The molecule has 0 radical (unpaired) electrons. The van der Waals surface area contributed by atoms with Gasteiger partial charge in [0.25, 0.3) is 0 Å². The van der Waals surface area contributed by atoms with Crippen LogP contribution < -0.4 is 5.73 Å². The van der Waals surface area contributed by atoms with Gasteiger partial charge in [0.2, 0.25) is 5.91 Å². The lowest BCUT2D eigenvalue weighted by Gasteiger charge is -2.26. The van der Waals surface area contributed by atoms with Crippen LogP contribution in [0.2, 0.25) is 0 Å². The maximum atomic E-state index is 12.1. The Bertz CT molecular complexity index is 574. The third-order valence-corrected chi connectivity index (χ3v) is 4.06. The third-order valence-electron chi connectivity index (χ3n) is 2.64. The Balaban J connectivity index is 2.86. The molecule has 0 unspecified atom stereocenters. The molecule has 0 aliphatic heterocycles. The molecular formula is C11H18N2O7P2. The summed E-state index contributed by atoms with van der Waals surface area (Å²) in [6, 6.07) is 7.49. The van der Waals surface area contributed by atoms with Gasteiger partial charge in [-0.1, -0.05) is 30.3 Å². The van der Waals surface area contributed by atoms with Gasteiger partial charge in [0.1, 0.15) is 12.6 Å². The molecule has 0 saturated carbocycles. The number of carbonyl (C=O) groups excluding carboxylic acids is 1. The Labute approximate surface area is 127 Å². The van der Waals surface area contributed by atoms with Crippen molar-refractivity contribution in [3.05, 3.63) is 35.9 Å². The van der Waals surface area contributed by atoms with Gasteiger partial charge in [-0.15, -0.1) is 0 Å². The molecule has 0 heterocycles. The quantitative estimate of drug-likeness (QED) is 0.416. The zero-order valence-corrected chi connectivity index (χ0v) is 13.3. The summed E-state index contributed by atoms with van der Waals surface area (Å²) >= 11 is 0. The monoisotopic (exact) mass is 352 g/mol. The minimum absolute atomic E-state index is 0.0818. The van der Waals surface area contributed by atoms with E-state index in [1.807, 2.05) is 0 Å². The van der Waals surface area contributed by atoms with Gasteiger partial charge in [-0.05, 0) is 12.0 Å². The normalized spacial score (nSPS) is 13.7. The Morgan fingerprint density at radius 1 is 1.05 bits per heavy atom. The average Bonchev–Trinajstić information content (AvgIpc) is 2.35. The first-order chi connectivity index (χ1) is 9.98. The fourth-order valence-electron chi connectivity index (χ4n) is 1.82. The second-order valence-electron chi connectivity index (χ2n) is 4.79. The van der Waals surface area contributed by atoms with Gasteiger partial charge in [-0.25, -0.2) is 0 Å². The number of hydrogen-bond donors (Lipinski definition) is 5. The molecular weight excluding hydrogens is 334 g/mol. The predicted octanol–water partition coefficient (Wildman–Crippen LogP) is -0.345.